The van der Waals surface area contributed by atoms with E-state index in [0.717, 1.165) is 18.4 Å². The zero-order valence-corrected chi connectivity index (χ0v) is 24.3. The molecule has 3 aliphatic rings. The van der Waals surface area contributed by atoms with Crippen LogP contribution in [-0.4, -0.2) is 48.0 Å². The third kappa shape index (κ3) is 6.54. The molecule has 232 valence electrons. The van der Waals surface area contributed by atoms with E-state index in [1.165, 1.54) is 0 Å². The second-order valence-electron chi connectivity index (χ2n) is 12.7. The molecule has 1 unspecified atom stereocenters. The number of aromatic nitrogens is 5. The molecule has 13 heteroatoms. The Morgan fingerprint density at radius 1 is 1.02 bits per heavy atom. The summed E-state index contributed by atoms with van der Waals surface area (Å²) in [7, 11) is 0. The fraction of sp³-hybridized carbons (Fsp3) is 0.633. The Hall–Kier alpha value is -3.51. The molecule has 3 aromatic rings. The van der Waals surface area contributed by atoms with Crippen LogP contribution >= 0.6 is 0 Å². The standard InChI is InChI=1S/C30H37F4N7O2/c1-17(2)41-23(9-12-35-41)28(43)39-27(19-7-10-29(31,32)11-8-19)22-16-40-24(37-22)13-20(15-36-40)26(18-3-4-18)38-25(42)6-5-21-14-30(21,33)34/h9,12-13,15-19,21,26-27H,3-8,10-11,14H2,1-2H3,(H,38,42)(H,39,43)/t21-,26?,27-/m0/s1. The first-order valence-corrected chi connectivity index (χ1v) is 15.1. The molecule has 3 heterocycles. The van der Waals surface area contributed by atoms with Crippen LogP contribution < -0.4 is 10.6 Å². The molecule has 3 aromatic heterocycles. The monoisotopic (exact) mass is 603 g/mol. The zero-order chi connectivity index (χ0) is 30.5. The highest BCUT2D eigenvalue weighted by Crippen LogP contribution is 2.51. The van der Waals surface area contributed by atoms with E-state index in [9.17, 15) is 27.2 Å². The van der Waals surface area contributed by atoms with E-state index >= 15 is 0 Å². The molecule has 2 amide bonds. The number of hydrogen-bond donors (Lipinski definition) is 2. The molecule has 9 nitrogen and oxygen atoms in total. The number of halogens is 4. The molecule has 0 radical (unpaired) electrons. The van der Waals surface area contributed by atoms with Crippen LogP contribution in [0, 0.1) is 17.8 Å². The SMILES string of the molecule is CC(C)n1nccc1C(=O)N[C@H](c1cn2ncc(C(NC(=O)CC[C@H]3CC3(F)F)C3CC3)cc2n1)C1CCC(F)(F)CC1. The summed E-state index contributed by atoms with van der Waals surface area (Å²) in [6.45, 7) is 3.83. The minimum absolute atomic E-state index is 0.0458. The Kier molecular flexibility index (Phi) is 7.70. The Balaban J connectivity index is 1.23. The van der Waals surface area contributed by atoms with Crippen molar-refractivity contribution in [2.75, 3.05) is 0 Å². The lowest BCUT2D eigenvalue weighted by atomic mass is 9.81. The minimum atomic E-state index is -2.72. The first-order chi connectivity index (χ1) is 20.4. The first kappa shape index (κ1) is 29.6. The molecule has 3 fully saturated rings. The molecule has 0 spiro atoms. The summed E-state index contributed by atoms with van der Waals surface area (Å²) < 4.78 is 57.8. The zero-order valence-electron chi connectivity index (χ0n) is 24.3. The van der Waals surface area contributed by atoms with Gasteiger partial charge in [0.05, 0.1) is 30.2 Å². The Morgan fingerprint density at radius 3 is 2.37 bits per heavy atom. The summed E-state index contributed by atoms with van der Waals surface area (Å²) in [5, 5.41) is 14.8. The van der Waals surface area contributed by atoms with Crippen molar-refractivity contribution in [3.63, 3.8) is 0 Å². The van der Waals surface area contributed by atoms with Crippen LogP contribution in [-0.2, 0) is 4.79 Å². The number of carbonyl (C=O) groups is 2. The van der Waals surface area contributed by atoms with Crippen LogP contribution in [0.2, 0.25) is 0 Å². The highest BCUT2D eigenvalue weighted by Gasteiger charge is 2.56. The van der Waals surface area contributed by atoms with Gasteiger partial charge in [-0.1, -0.05) is 0 Å². The third-order valence-electron chi connectivity index (χ3n) is 9.03. The van der Waals surface area contributed by atoms with Crippen LogP contribution in [0.25, 0.3) is 5.65 Å². The highest BCUT2D eigenvalue weighted by atomic mass is 19.3. The van der Waals surface area contributed by atoms with Gasteiger partial charge in [-0.25, -0.2) is 27.1 Å². The number of amides is 2. The summed E-state index contributed by atoms with van der Waals surface area (Å²) in [5.41, 5.74) is 2.15. The summed E-state index contributed by atoms with van der Waals surface area (Å²) in [6, 6.07) is 2.48. The number of hydrogen-bond acceptors (Lipinski definition) is 5. The van der Waals surface area contributed by atoms with Crippen molar-refractivity contribution in [3.8, 4) is 0 Å². The van der Waals surface area contributed by atoms with Gasteiger partial charge in [0.2, 0.25) is 11.8 Å². The maximum atomic E-state index is 14.1. The number of rotatable bonds is 11. The van der Waals surface area contributed by atoms with E-state index in [1.807, 2.05) is 19.9 Å². The summed E-state index contributed by atoms with van der Waals surface area (Å²) in [5.74, 6) is -6.73. The minimum Gasteiger partial charge on any atom is -0.349 e. The van der Waals surface area contributed by atoms with Crippen molar-refractivity contribution >= 4 is 17.5 Å². The first-order valence-electron chi connectivity index (χ1n) is 15.1. The van der Waals surface area contributed by atoms with E-state index in [2.05, 4.69) is 20.8 Å². The Morgan fingerprint density at radius 2 is 1.72 bits per heavy atom. The van der Waals surface area contributed by atoms with Crippen LogP contribution in [0.3, 0.4) is 0 Å². The molecule has 3 saturated carbocycles. The van der Waals surface area contributed by atoms with Gasteiger partial charge in [-0.15, -0.1) is 0 Å². The lowest BCUT2D eigenvalue weighted by Gasteiger charge is -2.33. The molecule has 3 aliphatic carbocycles. The van der Waals surface area contributed by atoms with Crippen LogP contribution in [0.15, 0.2) is 30.7 Å². The smallest absolute Gasteiger partial charge is 0.270 e. The molecular weight excluding hydrogens is 566 g/mol. The number of carbonyl (C=O) groups excluding carboxylic acids is 2. The topological polar surface area (TPSA) is 106 Å². The van der Waals surface area contributed by atoms with Crippen molar-refractivity contribution < 1.29 is 27.2 Å². The predicted octanol–water partition coefficient (Wildman–Crippen LogP) is 5.81. The molecule has 0 saturated heterocycles. The maximum absolute atomic E-state index is 14.1. The Bertz CT molecular complexity index is 1490. The quantitative estimate of drug-likeness (QED) is 0.269. The lowest BCUT2D eigenvalue weighted by Crippen LogP contribution is -2.38. The third-order valence-corrected chi connectivity index (χ3v) is 9.03. The number of nitrogens with one attached hydrogen (secondary N) is 2. The summed E-state index contributed by atoms with van der Waals surface area (Å²) in [4.78, 5) is 30.8. The van der Waals surface area contributed by atoms with Gasteiger partial charge in [0.25, 0.3) is 11.8 Å². The number of imidazole rings is 1. The molecule has 3 atom stereocenters. The van der Waals surface area contributed by atoms with Crippen molar-refractivity contribution in [1.29, 1.82) is 0 Å². The summed E-state index contributed by atoms with van der Waals surface area (Å²) in [6.07, 6.45) is 6.79. The second-order valence-corrected chi connectivity index (χ2v) is 12.7. The summed E-state index contributed by atoms with van der Waals surface area (Å²) >= 11 is 0. The average molecular weight is 604 g/mol. The molecule has 6 rings (SSSR count). The molecular formula is C30H37F4N7O2. The van der Waals surface area contributed by atoms with Crippen LogP contribution in [0.5, 0.6) is 0 Å². The van der Waals surface area contributed by atoms with Crippen molar-refractivity contribution in [1.82, 2.24) is 35.0 Å². The number of alkyl halides is 4. The fourth-order valence-electron chi connectivity index (χ4n) is 6.22. The van der Waals surface area contributed by atoms with Gasteiger partial charge in [0, 0.05) is 43.8 Å². The van der Waals surface area contributed by atoms with Gasteiger partial charge in [0.1, 0.15) is 5.69 Å². The van der Waals surface area contributed by atoms with Gasteiger partial charge in [-0.2, -0.15) is 10.2 Å². The van der Waals surface area contributed by atoms with Gasteiger partial charge in [0.15, 0.2) is 5.65 Å². The van der Waals surface area contributed by atoms with E-state index in [1.54, 1.807) is 33.9 Å². The van der Waals surface area contributed by atoms with Crippen LogP contribution in [0.1, 0.15) is 112 Å². The number of fused-ring (bicyclic) bond motifs is 1. The van der Waals surface area contributed by atoms with Gasteiger partial charge >= 0.3 is 0 Å². The van der Waals surface area contributed by atoms with Gasteiger partial charge in [-0.3, -0.25) is 14.3 Å². The lowest BCUT2D eigenvalue weighted by molar-refractivity contribution is -0.122. The van der Waals surface area contributed by atoms with E-state index in [-0.39, 0.29) is 80.7 Å². The molecule has 43 heavy (non-hydrogen) atoms. The predicted molar refractivity (Wildman–Crippen MR) is 149 cm³/mol. The average Bonchev–Trinajstić information content (AvgIpc) is 3.76. The molecule has 0 aromatic carbocycles. The largest absolute Gasteiger partial charge is 0.349 e. The molecule has 0 bridgehead atoms. The van der Waals surface area contributed by atoms with Crippen molar-refractivity contribution in [2.24, 2.45) is 17.8 Å². The molecule has 2 N–H and O–H groups in total. The second kappa shape index (κ2) is 11.2. The Labute approximate surface area is 246 Å². The number of nitrogens with zero attached hydrogens (tertiary/aromatic N) is 5. The van der Waals surface area contributed by atoms with Crippen molar-refractivity contribution in [2.45, 2.75) is 102 Å². The van der Waals surface area contributed by atoms with E-state index < -0.39 is 23.8 Å². The maximum Gasteiger partial charge on any atom is 0.270 e. The molecule has 0 aliphatic heterocycles. The van der Waals surface area contributed by atoms with Gasteiger partial charge in [-0.05, 0) is 75.5 Å². The fourth-order valence-corrected chi connectivity index (χ4v) is 6.22. The van der Waals surface area contributed by atoms with Crippen LogP contribution in [0.4, 0.5) is 17.6 Å². The van der Waals surface area contributed by atoms with E-state index in [0.29, 0.717) is 17.0 Å². The van der Waals surface area contributed by atoms with E-state index in [4.69, 9.17) is 4.98 Å². The normalized spacial score (nSPS) is 22.8. The highest BCUT2D eigenvalue weighted by molar-refractivity contribution is 5.92. The van der Waals surface area contributed by atoms with Gasteiger partial charge < -0.3 is 10.6 Å². The van der Waals surface area contributed by atoms with Crippen molar-refractivity contribution in [3.05, 3.63) is 47.7 Å².